The van der Waals surface area contributed by atoms with E-state index in [2.05, 4.69) is 10.3 Å². The largest absolute Gasteiger partial charge is 0.443 e. The van der Waals surface area contributed by atoms with Crippen molar-refractivity contribution in [3.8, 4) is 11.3 Å². The third-order valence-corrected chi connectivity index (χ3v) is 2.91. The highest BCUT2D eigenvalue weighted by molar-refractivity contribution is 5.61. The summed E-state index contributed by atoms with van der Waals surface area (Å²) >= 11 is 0. The molecule has 1 N–H and O–H groups in total. The van der Waals surface area contributed by atoms with Crippen molar-refractivity contribution >= 4 is 0 Å². The first-order valence-electron chi connectivity index (χ1n) is 6.21. The molecule has 0 atom stereocenters. The molecule has 0 spiro atoms. The molecule has 0 aliphatic rings. The fourth-order valence-electron chi connectivity index (χ4n) is 1.83. The predicted molar refractivity (Wildman–Crippen MR) is 70.2 cm³/mol. The second kappa shape index (κ2) is 6.58. The van der Waals surface area contributed by atoms with Crippen molar-refractivity contribution in [2.24, 2.45) is 0 Å². The number of ether oxygens (including phenoxy) is 1. The molecule has 0 fully saturated rings. The fraction of sp³-hybridized carbons (Fsp3) is 0.357. The van der Waals surface area contributed by atoms with Gasteiger partial charge in [0.05, 0.1) is 12.2 Å². The minimum Gasteiger partial charge on any atom is -0.443 e. The summed E-state index contributed by atoms with van der Waals surface area (Å²) in [7, 11) is 1.61. The smallest absolute Gasteiger partial charge is 0.181 e. The van der Waals surface area contributed by atoms with E-state index in [9.17, 15) is 8.78 Å². The molecule has 1 heterocycles. The Morgan fingerprint density at radius 3 is 2.85 bits per heavy atom. The first-order valence-corrected chi connectivity index (χ1v) is 6.21. The van der Waals surface area contributed by atoms with E-state index in [1.807, 2.05) is 0 Å². The van der Waals surface area contributed by atoms with Crippen molar-refractivity contribution in [1.82, 2.24) is 10.3 Å². The molecule has 1 aromatic heterocycles. The molecule has 0 amide bonds. The number of hydrogen-bond acceptors (Lipinski definition) is 4. The monoisotopic (exact) mass is 282 g/mol. The number of aromatic nitrogens is 1. The zero-order valence-corrected chi connectivity index (χ0v) is 11.4. The molecule has 1 aromatic carbocycles. The van der Waals surface area contributed by atoms with Crippen molar-refractivity contribution in [2.45, 2.75) is 13.5 Å². The molecule has 108 valence electrons. The Labute approximate surface area is 115 Å². The van der Waals surface area contributed by atoms with E-state index in [1.54, 1.807) is 14.0 Å². The van der Waals surface area contributed by atoms with Crippen molar-refractivity contribution in [1.29, 1.82) is 0 Å². The molecule has 0 aliphatic carbocycles. The molecule has 0 saturated carbocycles. The number of halogens is 2. The van der Waals surface area contributed by atoms with Gasteiger partial charge < -0.3 is 14.5 Å². The highest BCUT2D eigenvalue weighted by Gasteiger charge is 2.16. The number of hydrogen-bond donors (Lipinski definition) is 1. The maximum atomic E-state index is 13.8. The van der Waals surface area contributed by atoms with Crippen LogP contribution in [0.4, 0.5) is 8.78 Å². The Morgan fingerprint density at radius 2 is 2.10 bits per heavy atom. The van der Waals surface area contributed by atoms with Crippen LogP contribution in [0.5, 0.6) is 0 Å². The second-order valence-corrected chi connectivity index (χ2v) is 4.38. The van der Waals surface area contributed by atoms with Gasteiger partial charge in [-0.2, -0.15) is 0 Å². The third kappa shape index (κ3) is 3.20. The first kappa shape index (κ1) is 14.6. The van der Waals surface area contributed by atoms with Crippen molar-refractivity contribution in [2.75, 3.05) is 20.3 Å². The van der Waals surface area contributed by atoms with Gasteiger partial charge in [0.1, 0.15) is 17.3 Å². The lowest BCUT2D eigenvalue weighted by Gasteiger charge is -2.06. The van der Waals surface area contributed by atoms with Crippen LogP contribution in [0.3, 0.4) is 0 Å². The van der Waals surface area contributed by atoms with Crippen molar-refractivity contribution in [3.63, 3.8) is 0 Å². The van der Waals surface area contributed by atoms with E-state index in [4.69, 9.17) is 9.15 Å². The molecule has 0 radical (unpaired) electrons. The van der Waals surface area contributed by atoms with Crippen molar-refractivity contribution in [3.05, 3.63) is 41.4 Å². The summed E-state index contributed by atoms with van der Waals surface area (Å²) in [4.78, 5) is 4.05. The topological polar surface area (TPSA) is 47.3 Å². The van der Waals surface area contributed by atoms with Gasteiger partial charge in [-0.1, -0.05) is 0 Å². The van der Waals surface area contributed by atoms with Gasteiger partial charge in [-0.05, 0) is 18.6 Å². The SMILES string of the molecule is COCCNCc1ncoc1-c1cc(C)c(F)cc1F. The zero-order chi connectivity index (χ0) is 14.5. The van der Waals surface area contributed by atoms with Gasteiger partial charge >= 0.3 is 0 Å². The van der Waals surface area contributed by atoms with E-state index >= 15 is 0 Å². The highest BCUT2D eigenvalue weighted by Crippen LogP contribution is 2.28. The summed E-state index contributed by atoms with van der Waals surface area (Å²) in [6, 6.07) is 2.28. The number of oxazole rings is 1. The highest BCUT2D eigenvalue weighted by atomic mass is 19.1. The van der Waals surface area contributed by atoms with Gasteiger partial charge in [-0.15, -0.1) is 0 Å². The fourth-order valence-corrected chi connectivity index (χ4v) is 1.83. The van der Waals surface area contributed by atoms with Gasteiger partial charge in [0.25, 0.3) is 0 Å². The average Bonchev–Trinajstić information content (AvgIpc) is 2.87. The Balaban J connectivity index is 2.21. The summed E-state index contributed by atoms with van der Waals surface area (Å²) in [6.45, 7) is 3.21. The van der Waals surface area contributed by atoms with Gasteiger partial charge in [-0.3, -0.25) is 0 Å². The summed E-state index contributed by atoms with van der Waals surface area (Å²) in [6.07, 6.45) is 1.25. The Kier molecular flexibility index (Phi) is 4.81. The minimum atomic E-state index is -0.664. The Hall–Kier alpha value is -1.79. The number of rotatable bonds is 6. The van der Waals surface area contributed by atoms with Crippen LogP contribution in [0.2, 0.25) is 0 Å². The van der Waals surface area contributed by atoms with Gasteiger partial charge in [0.2, 0.25) is 0 Å². The number of benzene rings is 1. The van der Waals surface area contributed by atoms with E-state index < -0.39 is 11.6 Å². The second-order valence-electron chi connectivity index (χ2n) is 4.38. The molecule has 0 saturated heterocycles. The lowest BCUT2D eigenvalue weighted by molar-refractivity contribution is 0.199. The molecule has 0 bridgehead atoms. The summed E-state index contributed by atoms with van der Waals surface area (Å²) in [5.41, 5.74) is 1.15. The molecular weight excluding hydrogens is 266 g/mol. The molecule has 0 unspecified atom stereocenters. The van der Waals surface area contributed by atoms with Crippen LogP contribution in [-0.4, -0.2) is 25.2 Å². The van der Waals surface area contributed by atoms with E-state index in [-0.39, 0.29) is 5.56 Å². The summed E-state index contributed by atoms with van der Waals surface area (Å²) in [5.74, 6) is -0.927. The first-order chi connectivity index (χ1) is 9.63. The predicted octanol–water partition coefficient (Wildman–Crippen LogP) is 2.66. The van der Waals surface area contributed by atoms with Crippen LogP contribution in [0.1, 0.15) is 11.3 Å². The molecule has 6 heteroatoms. The van der Waals surface area contributed by atoms with E-state index in [0.717, 1.165) is 6.07 Å². The number of aryl methyl sites for hydroxylation is 1. The Bertz CT molecular complexity index is 585. The normalized spacial score (nSPS) is 11.0. The maximum absolute atomic E-state index is 13.8. The number of nitrogens with one attached hydrogen (secondary N) is 1. The van der Waals surface area contributed by atoms with Gasteiger partial charge in [-0.25, -0.2) is 13.8 Å². The molecule has 20 heavy (non-hydrogen) atoms. The molecule has 2 rings (SSSR count). The van der Waals surface area contributed by atoms with Crippen LogP contribution in [-0.2, 0) is 11.3 Å². The number of methoxy groups -OCH3 is 1. The third-order valence-electron chi connectivity index (χ3n) is 2.91. The lowest BCUT2D eigenvalue weighted by Crippen LogP contribution is -2.19. The van der Waals surface area contributed by atoms with E-state index in [0.29, 0.717) is 36.7 Å². The van der Waals surface area contributed by atoms with Crippen LogP contribution >= 0.6 is 0 Å². The number of nitrogens with zero attached hydrogens (tertiary/aromatic N) is 1. The van der Waals surface area contributed by atoms with Crippen molar-refractivity contribution < 1.29 is 17.9 Å². The van der Waals surface area contributed by atoms with E-state index in [1.165, 1.54) is 12.5 Å². The van der Waals surface area contributed by atoms with Crippen LogP contribution in [0.15, 0.2) is 22.9 Å². The van der Waals surface area contributed by atoms with Crippen LogP contribution < -0.4 is 5.32 Å². The summed E-state index contributed by atoms with van der Waals surface area (Å²) in [5, 5.41) is 3.10. The molecule has 4 nitrogen and oxygen atoms in total. The summed E-state index contributed by atoms with van der Waals surface area (Å²) < 4.78 is 37.3. The zero-order valence-electron chi connectivity index (χ0n) is 11.4. The molecule has 0 aliphatic heterocycles. The molecular formula is C14H16F2N2O2. The van der Waals surface area contributed by atoms with Crippen LogP contribution in [0, 0.1) is 18.6 Å². The van der Waals surface area contributed by atoms with Gasteiger partial charge in [0.15, 0.2) is 12.2 Å². The maximum Gasteiger partial charge on any atom is 0.181 e. The molecule has 2 aromatic rings. The quantitative estimate of drug-likeness (QED) is 0.827. The Morgan fingerprint density at radius 1 is 1.30 bits per heavy atom. The average molecular weight is 282 g/mol. The minimum absolute atomic E-state index is 0.213. The van der Waals surface area contributed by atoms with Gasteiger partial charge in [0, 0.05) is 26.3 Å². The standard InChI is InChI=1S/C14H16F2N2O2/c1-9-5-10(12(16)6-11(9)15)14-13(18-8-20-14)7-17-3-4-19-2/h5-6,8,17H,3-4,7H2,1-2H3. The lowest BCUT2D eigenvalue weighted by atomic mass is 10.1. The van der Waals surface area contributed by atoms with Crippen LogP contribution in [0.25, 0.3) is 11.3 Å².